The molecule has 0 unspecified atom stereocenters. The number of carbonyl (C=O) groups is 1. The maximum atomic E-state index is 12.6. The quantitative estimate of drug-likeness (QED) is 0.899. The van der Waals surface area contributed by atoms with E-state index >= 15 is 0 Å². The Hall–Kier alpha value is -1.46. The molecule has 120 valence electrons. The molecule has 5 nitrogen and oxygen atoms in total. The summed E-state index contributed by atoms with van der Waals surface area (Å²) in [5, 5.41) is 9.74. The largest absolute Gasteiger partial charge is 0.391 e. The summed E-state index contributed by atoms with van der Waals surface area (Å²) < 4.78 is 0. The third-order valence-electron chi connectivity index (χ3n) is 4.81. The summed E-state index contributed by atoms with van der Waals surface area (Å²) in [5.74, 6) is 0.407. The molecular weight excluding hydrogens is 278 g/mol. The van der Waals surface area contributed by atoms with E-state index in [1.54, 1.807) is 11.0 Å². The molecule has 0 bridgehead atoms. The van der Waals surface area contributed by atoms with Crippen LogP contribution in [0.1, 0.15) is 47.8 Å². The molecular formula is C17H25N3O2. The highest BCUT2D eigenvalue weighted by atomic mass is 16.3. The minimum atomic E-state index is -0.394. The van der Waals surface area contributed by atoms with Gasteiger partial charge in [-0.2, -0.15) is 0 Å². The SMILES string of the molecule is CN1CCC(c2cccc(C(=O)N3CCC[C@@H](O)C3)n2)CC1. The third kappa shape index (κ3) is 3.47. The van der Waals surface area contributed by atoms with E-state index in [4.69, 9.17) is 0 Å². The van der Waals surface area contributed by atoms with Gasteiger partial charge in [-0.15, -0.1) is 0 Å². The van der Waals surface area contributed by atoms with Crippen LogP contribution in [-0.2, 0) is 0 Å². The third-order valence-corrected chi connectivity index (χ3v) is 4.81. The van der Waals surface area contributed by atoms with Gasteiger partial charge in [0, 0.05) is 24.7 Å². The zero-order valence-corrected chi connectivity index (χ0v) is 13.2. The minimum Gasteiger partial charge on any atom is -0.391 e. The van der Waals surface area contributed by atoms with Gasteiger partial charge in [0.2, 0.25) is 0 Å². The van der Waals surface area contributed by atoms with E-state index in [1.807, 2.05) is 12.1 Å². The molecule has 0 aromatic carbocycles. The molecule has 3 rings (SSSR count). The lowest BCUT2D eigenvalue weighted by Crippen LogP contribution is -2.42. The first kappa shape index (κ1) is 15.4. The van der Waals surface area contributed by atoms with Gasteiger partial charge in [0.05, 0.1) is 6.10 Å². The van der Waals surface area contributed by atoms with Crippen LogP contribution in [0, 0.1) is 0 Å². The predicted octanol–water partition coefficient (Wildman–Crippen LogP) is 1.49. The fraction of sp³-hybridized carbons (Fsp3) is 0.647. The summed E-state index contributed by atoms with van der Waals surface area (Å²) in [7, 11) is 2.14. The van der Waals surface area contributed by atoms with Crippen LogP contribution in [0.15, 0.2) is 18.2 Å². The second-order valence-corrected chi connectivity index (χ2v) is 6.57. The number of hydrogen-bond acceptors (Lipinski definition) is 4. The number of aromatic nitrogens is 1. The number of nitrogens with zero attached hydrogens (tertiary/aromatic N) is 3. The van der Waals surface area contributed by atoms with E-state index in [0.29, 0.717) is 18.2 Å². The zero-order valence-electron chi connectivity index (χ0n) is 13.2. The molecule has 1 N–H and O–H groups in total. The summed E-state index contributed by atoms with van der Waals surface area (Å²) in [6.07, 6.45) is 3.46. The van der Waals surface area contributed by atoms with E-state index in [0.717, 1.165) is 51.0 Å². The number of amides is 1. The van der Waals surface area contributed by atoms with Gasteiger partial charge >= 0.3 is 0 Å². The molecule has 0 radical (unpaired) electrons. The Morgan fingerprint density at radius 3 is 2.73 bits per heavy atom. The predicted molar refractivity (Wildman–Crippen MR) is 84.9 cm³/mol. The van der Waals surface area contributed by atoms with Crippen LogP contribution in [0.25, 0.3) is 0 Å². The number of likely N-dealkylation sites (tertiary alicyclic amines) is 2. The summed E-state index contributed by atoms with van der Waals surface area (Å²) in [5.41, 5.74) is 1.56. The second-order valence-electron chi connectivity index (χ2n) is 6.57. The van der Waals surface area contributed by atoms with Crippen molar-refractivity contribution >= 4 is 5.91 Å². The Morgan fingerprint density at radius 1 is 1.23 bits per heavy atom. The van der Waals surface area contributed by atoms with Gasteiger partial charge in [0.15, 0.2) is 0 Å². The van der Waals surface area contributed by atoms with Crippen molar-refractivity contribution in [3.8, 4) is 0 Å². The first-order chi connectivity index (χ1) is 10.6. The Morgan fingerprint density at radius 2 is 2.00 bits per heavy atom. The van der Waals surface area contributed by atoms with Gasteiger partial charge < -0.3 is 14.9 Å². The molecule has 1 aromatic heterocycles. The molecule has 2 fully saturated rings. The summed E-state index contributed by atoms with van der Waals surface area (Å²) in [4.78, 5) is 21.3. The van der Waals surface area contributed by atoms with Crippen molar-refractivity contribution < 1.29 is 9.90 Å². The summed E-state index contributed by atoms with van der Waals surface area (Å²) >= 11 is 0. The second kappa shape index (κ2) is 6.75. The van der Waals surface area contributed by atoms with Crippen LogP contribution in [0.3, 0.4) is 0 Å². The molecule has 1 aromatic rings. The van der Waals surface area contributed by atoms with Crippen molar-refractivity contribution in [3.05, 3.63) is 29.6 Å². The van der Waals surface area contributed by atoms with E-state index in [1.165, 1.54) is 0 Å². The monoisotopic (exact) mass is 303 g/mol. The number of carbonyl (C=O) groups excluding carboxylic acids is 1. The molecule has 1 amide bonds. The van der Waals surface area contributed by atoms with Crippen molar-refractivity contribution in [1.82, 2.24) is 14.8 Å². The lowest BCUT2D eigenvalue weighted by atomic mass is 9.93. The first-order valence-corrected chi connectivity index (χ1v) is 8.26. The minimum absolute atomic E-state index is 0.0477. The Labute approximate surface area is 131 Å². The maximum Gasteiger partial charge on any atom is 0.272 e. The Balaban J connectivity index is 1.71. The van der Waals surface area contributed by atoms with Crippen molar-refractivity contribution in [1.29, 1.82) is 0 Å². The van der Waals surface area contributed by atoms with Gasteiger partial charge in [-0.25, -0.2) is 4.98 Å². The van der Waals surface area contributed by atoms with Crippen LogP contribution in [0.2, 0.25) is 0 Å². The number of rotatable bonds is 2. The molecule has 0 saturated carbocycles. The number of pyridine rings is 1. The van der Waals surface area contributed by atoms with Gasteiger partial charge in [0.25, 0.3) is 5.91 Å². The Bertz CT molecular complexity index is 526. The van der Waals surface area contributed by atoms with E-state index in [2.05, 4.69) is 16.9 Å². The molecule has 0 aliphatic carbocycles. The average molecular weight is 303 g/mol. The van der Waals surface area contributed by atoms with Crippen molar-refractivity contribution in [2.45, 2.75) is 37.7 Å². The molecule has 2 saturated heterocycles. The first-order valence-electron chi connectivity index (χ1n) is 8.26. The highest BCUT2D eigenvalue weighted by Gasteiger charge is 2.25. The van der Waals surface area contributed by atoms with E-state index < -0.39 is 6.10 Å². The number of β-amino-alcohol motifs (C(OH)–C–C–N with tert-alkyl or cyclic N) is 1. The van der Waals surface area contributed by atoms with Gasteiger partial charge in [-0.1, -0.05) is 6.07 Å². The Kier molecular flexibility index (Phi) is 4.74. The normalized spacial score (nSPS) is 24.5. The average Bonchev–Trinajstić information content (AvgIpc) is 2.55. The van der Waals surface area contributed by atoms with Crippen molar-refractivity contribution in [2.75, 3.05) is 33.2 Å². The van der Waals surface area contributed by atoms with Crippen molar-refractivity contribution in [2.24, 2.45) is 0 Å². The van der Waals surface area contributed by atoms with Crippen LogP contribution in [-0.4, -0.2) is 65.1 Å². The number of aliphatic hydroxyl groups is 1. The van der Waals surface area contributed by atoms with Crippen LogP contribution in [0.4, 0.5) is 0 Å². The highest BCUT2D eigenvalue weighted by Crippen LogP contribution is 2.26. The van der Waals surface area contributed by atoms with E-state index in [9.17, 15) is 9.90 Å². The zero-order chi connectivity index (χ0) is 15.5. The molecule has 2 aliphatic heterocycles. The topological polar surface area (TPSA) is 56.7 Å². The highest BCUT2D eigenvalue weighted by molar-refractivity contribution is 5.92. The van der Waals surface area contributed by atoms with Crippen LogP contribution in [0.5, 0.6) is 0 Å². The van der Waals surface area contributed by atoms with Crippen LogP contribution >= 0.6 is 0 Å². The van der Waals surface area contributed by atoms with E-state index in [-0.39, 0.29) is 5.91 Å². The molecule has 5 heteroatoms. The molecule has 2 aliphatic rings. The fourth-order valence-corrected chi connectivity index (χ4v) is 3.40. The standard InChI is InChI=1S/C17H25N3O2/c1-19-10-7-13(8-11-19)15-5-2-6-16(18-15)17(22)20-9-3-4-14(21)12-20/h2,5-6,13-14,21H,3-4,7-12H2,1H3/t14-/m1/s1. The molecule has 3 heterocycles. The van der Waals surface area contributed by atoms with Crippen molar-refractivity contribution in [3.63, 3.8) is 0 Å². The number of aliphatic hydroxyl groups excluding tert-OH is 1. The lowest BCUT2D eigenvalue weighted by molar-refractivity contribution is 0.0468. The maximum absolute atomic E-state index is 12.6. The summed E-state index contributed by atoms with van der Waals surface area (Å²) in [6.45, 7) is 3.32. The smallest absolute Gasteiger partial charge is 0.272 e. The van der Waals surface area contributed by atoms with Crippen LogP contribution < -0.4 is 0 Å². The fourth-order valence-electron chi connectivity index (χ4n) is 3.40. The van der Waals surface area contributed by atoms with Gasteiger partial charge in [0.1, 0.15) is 5.69 Å². The summed E-state index contributed by atoms with van der Waals surface area (Å²) in [6, 6.07) is 5.77. The molecule has 0 spiro atoms. The lowest BCUT2D eigenvalue weighted by Gasteiger charge is -2.30. The number of piperidine rings is 2. The molecule has 22 heavy (non-hydrogen) atoms. The van der Waals surface area contributed by atoms with Gasteiger partial charge in [-0.3, -0.25) is 4.79 Å². The van der Waals surface area contributed by atoms with Gasteiger partial charge in [-0.05, 0) is 58.0 Å². The molecule has 1 atom stereocenters. The number of hydrogen-bond donors (Lipinski definition) is 1.